The summed E-state index contributed by atoms with van der Waals surface area (Å²) in [7, 11) is 0. The van der Waals surface area contributed by atoms with E-state index >= 15 is 0 Å². The molecule has 0 aromatic rings. The molecule has 2 rings (SSSR count). The summed E-state index contributed by atoms with van der Waals surface area (Å²) in [6, 6.07) is 0. The van der Waals surface area contributed by atoms with Crippen molar-refractivity contribution in [1.82, 2.24) is 0 Å². The summed E-state index contributed by atoms with van der Waals surface area (Å²) in [5, 5.41) is 0. The Labute approximate surface area is 128 Å². The zero-order chi connectivity index (χ0) is 15.8. The van der Waals surface area contributed by atoms with Crippen LogP contribution in [0.3, 0.4) is 0 Å². The van der Waals surface area contributed by atoms with Crippen LogP contribution in [-0.2, 0) is 9.53 Å². The number of allylic oxidation sites excluding steroid dienone is 7. The van der Waals surface area contributed by atoms with Crippen molar-refractivity contribution in [1.29, 1.82) is 0 Å². The van der Waals surface area contributed by atoms with Crippen LogP contribution >= 0.6 is 0 Å². The number of carbonyl (C=O) groups excluding carboxylic acids is 1. The molecule has 21 heavy (non-hydrogen) atoms. The van der Waals surface area contributed by atoms with E-state index in [0.717, 1.165) is 53.7 Å². The van der Waals surface area contributed by atoms with E-state index < -0.39 is 0 Å². The molecule has 0 saturated carbocycles. The second-order valence-corrected chi connectivity index (χ2v) is 4.94. The number of carbonyl (C=O) groups is 1. The number of ether oxygens (including phenoxy) is 1. The summed E-state index contributed by atoms with van der Waals surface area (Å²) in [6.07, 6.45) is 11.9. The molecule has 1 aliphatic carbocycles. The van der Waals surface area contributed by atoms with Crippen molar-refractivity contribution in [3.63, 3.8) is 0 Å². The van der Waals surface area contributed by atoms with Crippen molar-refractivity contribution < 1.29 is 9.53 Å². The fourth-order valence-corrected chi connectivity index (χ4v) is 2.42. The van der Waals surface area contributed by atoms with Crippen LogP contribution in [0.25, 0.3) is 0 Å². The van der Waals surface area contributed by atoms with Crippen LogP contribution in [0.1, 0.15) is 53.4 Å². The van der Waals surface area contributed by atoms with Gasteiger partial charge in [-0.05, 0) is 51.2 Å². The van der Waals surface area contributed by atoms with Gasteiger partial charge in [0.2, 0.25) is 0 Å². The zero-order valence-corrected chi connectivity index (χ0v) is 13.7. The summed E-state index contributed by atoms with van der Waals surface area (Å²) in [4.78, 5) is 11.8. The van der Waals surface area contributed by atoms with Crippen LogP contribution in [0.4, 0.5) is 0 Å². The van der Waals surface area contributed by atoms with Gasteiger partial charge in [0.1, 0.15) is 5.76 Å². The minimum Gasteiger partial charge on any atom is -0.423 e. The normalized spacial score (nSPS) is 20.8. The highest BCUT2D eigenvalue weighted by molar-refractivity contribution is 5.94. The molecule has 0 aromatic heterocycles. The number of hydrogen-bond acceptors (Lipinski definition) is 2. The molecule has 2 nitrogen and oxygen atoms in total. The maximum atomic E-state index is 11.8. The molecule has 0 radical (unpaired) electrons. The van der Waals surface area contributed by atoms with Crippen molar-refractivity contribution in [3.05, 3.63) is 58.9 Å². The third-order valence-electron chi connectivity index (χ3n) is 3.56. The van der Waals surface area contributed by atoms with Gasteiger partial charge in [-0.3, -0.25) is 0 Å². The van der Waals surface area contributed by atoms with E-state index in [9.17, 15) is 4.79 Å². The van der Waals surface area contributed by atoms with Gasteiger partial charge in [-0.2, -0.15) is 0 Å². The molecule has 114 valence electrons. The molecule has 0 spiro atoms. The van der Waals surface area contributed by atoms with E-state index in [1.165, 1.54) is 0 Å². The second kappa shape index (κ2) is 8.46. The highest BCUT2D eigenvalue weighted by Gasteiger charge is 2.31. The maximum absolute atomic E-state index is 11.8. The van der Waals surface area contributed by atoms with Crippen molar-refractivity contribution in [2.45, 2.75) is 53.4 Å². The summed E-state index contributed by atoms with van der Waals surface area (Å²) < 4.78 is 5.41. The zero-order valence-electron chi connectivity index (χ0n) is 13.7. The van der Waals surface area contributed by atoms with E-state index in [2.05, 4.69) is 6.58 Å². The molecule has 0 bridgehead atoms. The topological polar surface area (TPSA) is 26.3 Å². The molecular formula is C19H26O2. The lowest BCUT2D eigenvalue weighted by Gasteiger charge is -2.10. The van der Waals surface area contributed by atoms with Crippen LogP contribution in [0, 0.1) is 0 Å². The fourth-order valence-electron chi connectivity index (χ4n) is 2.42. The first-order valence-electron chi connectivity index (χ1n) is 7.79. The largest absolute Gasteiger partial charge is 0.423 e. The van der Waals surface area contributed by atoms with E-state index in [1.807, 2.05) is 52.0 Å². The Morgan fingerprint density at radius 1 is 1.19 bits per heavy atom. The second-order valence-electron chi connectivity index (χ2n) is 4.94. The van der Waals surface area contributed by atoms with E-state index in [-0.39, 0.29) is 5.97 Å². The Bertz CT molecular complexity index is 528. The minimum atomic E-state index is -0.152. The summed E-state index contributed by atoms with van der Waals surface area (Å²) in [6.45, 7) is 11.7. The Morgan fingerprint density at radius 2 is 1.81 bits per heavy atom. The molecule has 1 heterocycles. The lowest BCUT2D eigenvalue weighted by Crippen LogP contribution is -2.01. The summed E-state index contributed by atoms with van der Waals surface area (Å²) in [5.41, 5.74) is 4.13. The number of cyclic esters (lactones) is 1. The molecule has 2 heteroatoms. The van der Waals surface area contributed by atoms with Crippen LogP contribution in [0.15, 0.2) is 58.9 Å². The molecule has 0 unspecified atom stereocenters. The van der Waals surface area contributed by atoms with Crippen molar-refractivity contribution >= 4 is 5.97 Å². The van der Waals surface area contributed by atoms with Gasteiger partial charge in [-0.1, -0.05) is 44.2 Å². The smallest absolute Gasteiger partial charge is 0.339 e. The monoisotopic (exact) mass is 286 g/mol. The fraction of sp³-hybridized carbons (Fsp3) is 0.421. The van der Waals surface area contributed by atoms with Gasteiger partial charge in [0.15, 0.2) is 0 Å². The third kappa shape index (κ3) is 4.32. The number of hydrogen-bond donors (Lipinski definition) is 0. The molecule has 1 aliphatic heterocycles. The Hall–Kier alpha value is -1.83. The third-order valence-corrected chi connectivity index (χ3v) is 3.56. The van der Waals surface area contributed by atoms with E-state index in [4.69, 9.17) is 4.74 Å². The van der Waals surface area contributed by atoms with Gasteiger partial charge in [0.05, 0.1) is 0 Å². The van der Waals surface area contributed by atoms with Gasteiger partial charge < -0.3 is 4.74 Å². The van der Waals surface area contributed by atoms with Gasteiger partial charge in [-0.25, -0.2) is 4.79 Å². The first kappa shape index (κ1) is 17.2. The molecule has 0 N–H and O–H groups in total. The predicted molar refractivity (Wildman–Crippen MR) is 88.7 cm³/mol. The van der Waals surface area contributed by atoms with Gasteiger partial charge in [0.25, 0.3) is 0 Å². The maximum Gasteiger partial charge on any atom is 0.339 e. The first-order valence-corrected chi connectivity index (χ1v) is 7.79. The van der Waals surface area contributed by atoms with Gasteiger partial charge in [0, 0.05) is 11.1 Å². The Morgan fingerprint density at radius 3 is 2.38 bits per heavy atom. The molecular weight excluding hydrogens is 260 g/mol. The molecule has 0 fully saturated rings. The van der Waals surface area contributed by atoms with E-state index in [0.29, 0.717) is 0 Å². The van der Waals surface area contributed by atoms with Gasteiger partial charge >= 0.3 is 5.97 Å². The highest BCUT2D eigenvalue weighted by atomic mass is 16.5. The SMILES string of the molecule is C=C\C(C)=C/C(/C=C1\OC(=O)C2=C1CCCC2)=C\C.CC. The molecule has 0 amide bonds. The van der Waals surface area contributed by atoms with Crippen molar-refractivity contribution in [2.24, 2.45) is 0 Å². The molecule has 2 aliphatic rings. The average molecular weight is 286 g/mol. The summed E-state index contributed by atoms with van der Waals surface area (Å²) in [5.74, 6) is 0.585. The van der Waals surface area contributed by atoms with Crippen molar-refractivity contribution in [3.8, 4) is 0 Å². The van der Waals surface area contributed by atoms with Gasteiger partial charge in [-0.15, -0.1) is 0 Å². The standard InChI is InChI=1S/C17H20O2.C2H6/c1-4-12(3)10-13(5-2)11-16-14-8-6-7-9-15(14)17(18)19-16;1-2/h4-5,10-11H,1,6-9H2,2-3H3;1-2H3/b12-10-,13-5+,16-11-;. The van der Waals surface area contributed by atoms with Crippen LogP contribution in [0.2, 0.25) is 0 Å². The Kier molecular flexibility index (Phi) is 6.93. The molecule has 0 atom stereocenters. The van der Waals surface area contributed by atoms with Crippen LogP contribution in [0.5, 0.6) is 0 Å². The Balaban J connectivity index is 0.00000106. The number of esters is 1. The molecule has 0 aromatic carbocycles. The summed E-state index contributed by atoms with van der Waals surface area (Å²) >= 11 is 0. The molecule has 0 saturated heterocycles. The van der Waals surface area contributed by atoms with E-state index in [1.54, 1.807) is 0 Å². The number of rotatable bonds is 3. The average Bonchev–Trinajstić information content (AvgIpc) is 2.85. The highest BCUT2D eigenvalue weighted by Crippen LogP contribution is 2.37. The quantitative estimate of drug-likeness (QED) is 0.512. The predicted octanol–water partition coefficient (Wildman–Crippen LogP) is 5.40. The lowest BCUT2D eigenvalue weighted by atomic mass is 9.92. The van der Waals surface area contributed by atoms with Crippen LogP contribution < -0.4 is 0 Å². The lowest BCUT2D eigenvalue weighted by molar-refractivity contribution is -0.133. The van der Waals surface area contributed by atoms with Crippen molar-refractivity contribution in [2.75, 3.05) is 0 Å². The first-order chi connectivity index (χ1) is 10.2. The minimum absolute atomic E-state index is 0.152. The van der Waals surface area contributed by atoms with Crippen LogP contribution in [-0.4, -0.2) is 5.97 Å².